The molecule has 0 aromatic heterocycles. The summed E-state index contributed by atoms with van der Waals surface area (Å²) >= 11 is 0. The van der Waals surface area contributed by atoms with Crippen LogP contribution >= 0.6 is 8.18 Å². The van der Waals surface area contributed by atoms with Crippen molar-refractivity contribution in [2.45, 2.75) is 46.2 Å². The Morgan fingerprint density at radius 1 is 1.36 bits per heavy atom. The highest BCUT2D eigenvalue weighted by Gasteiger charge is 2.21. The zero-order valence-electron chi connectivity index (χ0n) is 9.23. The smallest absolute Gasteiger partial charge is 0.291 e. The molecule has 81 valence electrons. The largest absolute Gasteiger partial charge is 0.298 e. The summed E-state index contributed by atoms with van der Waals surface area (Å²) < 4.78 is 18.5. The van der Waals surface area contributed by atoms with Gasteiger partial charge in [-0.2, -0.15) is 5.26 Å². The second kappa shape index (κ2) is 6.89. The van der Waals surface area contributed by atoms with E-state index in [2.05, 4.69) is 0 Å². The van der Waals surface area contributed by atoms with E-state index >= 15 is 0 Å². The van der Waals surface area contributed by atoms with Crippen LogP contribution in [0, 0.1) is 11.3 Å². The van der Waals surface area contributed by atoms with E-state index in [-0.39, 0.29) is 25.1 Å². The molecule has 0 rings (SSSR count). The lowest BCUT2D eigenvalue weighted by Crippen LogP contribution is -2.31. The third-order valence-electron chi connectivity index (χ3n) is 1.66. The quantitative estimate of drug-likeness (QED) is 0.507. The molecule has 1 atom stereocenters. The van der Waals surface area contributed by atoms with Gasteiger partial charge in [0.1, 0.15) is 0 Å². The highest BCUT2D eigenvalue weighted by Crippen LogP contribution is 2.32. The van der Waals surface area contributed by atoms with Crippen LogP contribution in [0.4, 0.5) is 0 Å². The van der Waals surface area contributed by atoms with Gasteiger partial charge in [0, 0.05) is 12.1 Å². The maximum atomic E-state index is 11.6. The van der Waals surface area contributed by atoms with E-state index in [1.807, 2.05) is 33.8 Å². The van der Waals surface area contributed by atoms with E-state index in [4.69, 9.17) is 9.79 Å². The average Bonchev–Trinajstić information content (AvgIpc) is 2.03. The normalized spacial score (nSPS) is 12.3. The molecule has 0 saturated heterocycles. The molecule has 5 heteroatoms. The number of hydrogen-bond acceptors (Lipinski definition) is 3. The van der Waals surface area contributed by atoms with Gasteiger partial charge >= 0.3 is 0 Å². The van der Waals surface area contributed by atoms with Crippen LogP contribution in [0.15, 0.2) is 0 Å². The molecule has 0 aromatic rings. The highest BCUT2D eigenvalue weighted by molar-refractivity contribution is 7.36. The van der Waals surface area contributed by atoms with E-state index in [1.165, 1.54) is 0 Å². The molecule has 4 nitrogen and oxygen atoms in total. The van der Waals surface area contributed by atoms with Crippen LogP contribution in [0.1, 0.15) is 34.1 Å². The van der Waals surface area contributed by atoms with Gasteiger partial charge in [0.25, 0.3) is 8.18 Å². The molecule has 0 aromatic carbocycles. The van der Waals surface area contributed by atoms with Gasteiger partial charge in [0.2, 0.25) is 0 Å². The van der Waals surface area contributed by atoms with Crippen LogP contribution in [-0.4, -0.2) is 23.4 Å². The molecule has 1 unspecified atom stereocenters. The van der Waals surface area contributed by atoms with Crippen molar-refractivity contribution >= 4 is 8.18 Å². The van der Waals surface area contributed by atoms with Crippen LogP contribution in [-0.2, 0) is 9.09 Å². The second-order valence-electron chi connectivity index (χ2n) is 3.55. The van der Waals surface area contributed by atoms with Crippen molar-refractivity contribution in [3.63, 3.8) is 0 Å². The molecule has 0 heterocycles. The molecule has 0 bridgehead atoms. The van der Waals surface area contributed by atoms with Crippen molar-refractivity contribution in [2.75, 3.05) is 6.61 Å². The minimum Gasteiger partial charge on any atom is -0.291 e. The van der Waals surface area contributed by atoms with Crippen LogP contribution in [0.5, 0.6) is 0 Å². The summed E-state index contributed by atoms with van der Waals surface area (Å²) in [6.07, 6.45) is 0.283. The van der Waals surface area contributed by atoms with Crippen molar-refractivity contribution in [1.82, 2.24) is 4.67 Å². The molecule has 0 fully saturated rings. The summed E-state index contributed by atoms with van der Waals surface area (Å²) in [6.45, 7) is 8.13. The fourth-order valence-electron chi connectivity index (χ4n) is 1.21. The summed E-state index contributed by atoms with van der Waals surface area (Å²) in [5, 5.41) is 8.30. The lowest BCUT2D eigenvalue weighted by atomic mass is 10.3. The maximum Gasteiger partial charge on any atom is 0.298 e. The monoisotopic (exact) mass is 217 g/mol. The zero-order chi connectivity index (χ0) is 11.1. The SMILES string of the molecule is CC(C)N(C(C)C)[P](=O)OCCC#N. The van der Waals surface area contributed by atoms with Crippen molar-refractivity contribution in [3.8, 4) is 6.07 Å². The summed E-state index contributed by atoms with van der Waals surface area (Å²) in [5.41, 5.74) is 0. The van der Waals surface area contributed by atoms with Crippen molar-refractivity contribution in [2.24, 2.45) is 0 Å². The van der Waals surface area contributed by atoms with E-state index < -0.39 is 8.18 Å². The number of nitrogens with zero attached hydrogens (tertiary/aromatic N) is 2. The van der Waals surface area contributed by atoms with Gasteiger partial charge in [-0.3, -0.25) is 4.52 Å². The molecule has 0 N–H and O–H groups in total. The Bertz CT molecular complexity index is 215. The minimum atomic E-state index is -1.80. The van der Waals surface area contributed by atoms with E-state index in [0.717, 1.165) is 0 Å². The van der Waals surface area contributed by atoms with E-state index in [0.29, 0.717) is 0 Å². The predicted molar refractivity (Wildman–Crippen MR) is 55.9 cm³/mol. The molecule has 1 radical (unpaired) electrons. The summed E-state index contributed by atoms with van der Waals surface area (Å²) in [5.74, 6) is 0. The van der Waals surface area contributed by atoms with Gasteiger partial charge in [0.05, 0.1) is 19.1 Å². The standard InChI is InChI=1S/C9H18N2O2P/c1-8(2)11(9(3)4)14(12)13-7-5-6-10/h8-9H,5,7H2,1-4H3. The number of rotatable bonds is 6. The molecule has 0 amide bonds. The van der Waals surface area contributed by atoms with Gasteiger partial charge in [-0.15, -0.1) is 0 Å². The first kappa shape index (κ1) is 13.5. The summed E-state index contributed by atoms with van der Waals surface area (Å²) in [4.78, 5) is 0. The molecule has 0 aliphatic rings. The lowest BCUT2D eigenvalue weighted by molar-refractivity contribution is 0.237. The summed E-state index contributed by atoms with van der Waals surface area (Å²) in [7, 11) is -1.80. The first-order chi connectivity index (χ1) is 6.50. The summed E-state index contributed by atoms with van der Waals surface area (Å²) in [6, 6.07) is 2.31. The average molecular weight is 217 g/mol. The Balaban J connectivity index is 4.11. The highest BCUT2D eigenvalue weighted by atomic mass is 31.1. The Hall–Kier alpha value is -0.490. The third kappa shape index (κ3) is 4.66. The fraction of sp³-hybridized carbons (Fsp3) is 0.889. The van der Waals surface area contributed by atoms with Gasteiger partial charge < -0.3 is 0 Å². The molecule has 0 aliphatic carbocycles. The number of nitriles is 1. The lowest BCUT2D eigenvalue weighted by Gasteiger charge is -2.27. The van der Waals surface area contributed by atoms with Crippen LogP contribution < -0.4 is 0 Å². The van der Waals surface area contributed by atoms with Crippen molar-refractivity contribution in [3.05, 3.63) is 0 Å². The van der Waals surface area contributed by atoms with E-state index in [1.54, 1.807) is 4.67 Å². The van der Waals surface area contributed by atoms with Gasteiger partial charge in [-0.05, 0) is 27.7 Å². The zero-order valence-corrected chi connectivity index (χ0v) is 10.1. The topological polar surface area (TPSA) is 53.3 Å². The Morgan fingerprint density at radius 2 is 1.86 bits per heavy atom. The number of hydrogen-bond donors (Lipinski definition) is 0. The third-order valence-corrected chi connectivity index (χ3v) is 3.37. The molecule has 0 saturated carbocycles. The van der Waals surface area contributed by atoms with Gasteiger partial charge in [-0.1, -0.05) is 0 Å². The predicted octanol–water partition coefficient (Wildman–Crippen LogP) is 2.69. The Labute approximate surface area is 86.8 Å². The van der Waals surface area contributed by atoms with Gasteiger partial charge in [-0.25, -0.2) is 9.24 Å². The fourth-order valence-corrected chi connectivity index (χ4v) is 2.34. The Morgan fingerprint density at radius 3 is 2.21 bits per heavy atom. The molecule has 0 spiro atoms. The van der Waals surface area contributed by atoms with Crippen LogP contribution in [0.3, 0.4) is 0 Å². The van der Waals surface area contributed by atoms with E-state index in [9.17, 15) is 4.57 Å². The van der Waals surface area contributed by atoms with Crippen LogP contribution in [0.2, 0.25) is 0 Å². The molecule has 14 heavy (non-hydrogen) atoms. The van der Waals surface area contributed by atoms with Crippen LogP contribution in [0.25, 0.3) is 0 Å². The Kier molecular flexibility index (Phi) is 6.65. The van der Waals surface area contributed by atoms with Gasteiger partial charge in [0.15, 0.2) is 0 Å². The first-order valence-corrected chi connectivity index (χ1v) is 5.89. The minimum absolute atomic E-state index is 0.181. The van der Waals surface area contributed by atoms with Crippen molar-refractivity contribution in [1.29, 1.82) is 5.26 Å². The maximum absolute atomic E-state index is 11.6. The second-order valence-corrected chi connectivity index (χ2v) is 4.74. The molecular weight excluding hydrogens is 199 g/mol. The van der Waals surface area contributed by atoms with Crippen molar-refractivity contribution < 1.29 is 9.09 Å². The first-order valence-electron chi connectivity index (χ1n) is 4.76. The molecular formula is C9H18N2O2P. The molecule has 0 aliphatic heterocycles.